The molecule has 0 radical (unpaired) electrons. The molecule has 1 aromatic rings. The largest absolute Gasteiger partial charge is 0.495 e. The lowest BCUT2D eigenvalue weighted by molar-refractivity contribution is 0.192. The van der Waals surface area contributed by atoms with Crippen molar-refractivity contribution in [3.05, 3.63) is 24.3 Å². The third-order valence-corrected chi connectivity index (χ3v) is 4.61. The topological polar surface area (TPSA) is 49.3 Å². The first-order valence-electron chi connectivity index (χ1n) is 9.70. The van der Waals surface area contributed by atoms with Crippen molar-refractivity contribution in [2.45, 2.75) is 26.2 Å². The predicted molar refractivity (Wildman–Crippen MR) is 124 cm³/mol. The van der Waals surface area contributed by atoms with Crippen LogP contribution in [0.1, 0.15) is 26.2 Å². The van der Waals surface area contributed by atoms with E-state index in [1.165, 1.54) is 12.1 Å². The van der Waals surface area contributed by atoms with Crippen molar-refractivity contribution >= 4 is 35.6 Å². The first-order valence-corrected chi connectivity index (χ1v) is 9.70. The van der Waals surface area contributed by atoms with Crippen LogP contribution in [0.15, 0.2) is 29.3 Å². The summed E-state index contributed by atoms with van der Waals surface area (Å²) < 4.78 is 10.6. The zero-order chi connectivity index (χ0) is 18.6. The van der Waals surface area contributed by atoms with Gasteiger partial charge in [0.2, 0.25) is 0 Å². The molecule has 0 aliphatic carbocycles. The highest BCUT2D eigenvalue weighted by Gasteiger charge is 2.21. The summed E-state index contributed by atoms with van der Waals surface area (Å²) in [7, 11) is 3.49. The van der Waals surface area contributed by atoms with Crippen LogP contribution in [-0.4, -0.2) is 71.0 Å². The highest BCUT2D eigenvalue weighted by atomic mass is 127. The molecule has 6 nitrogen and oxygen atoms in total. The van der Waals surface area contributed by atoms with Crippen molar-refractivity contribution in [2.24, 2.45) is 4.99 Å². The van der Waals surface area contributed by atoms with Gasteiger partial charge in [-0.3, -0.25) is 4.99 Å². The standard InChI is InChI=1S/C20H34N4O2.HI/c1-4-21-20(22-12-8-5-9-17-25-2)24-15-13-23(14-16-24)18-10-6-7-11-19(18)26-3;/h6-7,10-11H,4-5,8-9,12-17H2,1-3H3,(H,21,22);1H. The molecule has 0 amide bonds. The van der Waals surface area contributed by atoms with Crippen molar-refractivity contribution in [3.8, 4) is 5.75 Å². The van der Waals surface area contributed by atoms with E-state index in [1.54, 1.807) is 14.2 Å². The fourth-order valence-electron chi connectivity index (χ4n) is 3.20. The van der Waals surface area contributed by atoms with Crippen LogP contribution in [0.25, 0.3) is 0 Å². The van der Waals surface area contributed by atoms with Gasteiger partial charge in [-0.25, -0.2) is 0 Å². The molecular formula is C20H35IN4O2. The van der Waals surface area contributed by atoms with Gasteiger partial charge >= 0.3 is 0 Å². The second-order valence-electron chi connectivity index (χ2n) is 6.44. The van der Waals surface area contributed by atoms with E-state index in [2.05, 4.69) is 34.2 Å². The summed E-state index contributed by atoms with van der Waals surface area (Å²) >= 11 is 0. The smallest absolute Gasteiger partial charge is 0.194 e. The molecule has 0 atom stereocenters. The molecule has 0 bridgehead atoms. The minimum atomic E-state index is 0. The van der Waals surface area contributed by atoms with E-state index in [1.807, 2.05) is 12.1 Å². The Hall–Kier alpha value is -1.22. The van der Waals surface area contributed by atoms with Gasteiger partial charge in [-0.2, -0.15) is 0 Å². The summed E-state index contributed by atoms with van der Waals surface area (Å²) in [5.41, 5.74) is 1.18. The molecular weight excluding hydrogens is 455 g/mol. The Labute approximate surface area is 181 Å². The van der Waals surface area contributed by atoms with Gasteiger partial charge in [0, 0.05) is 53.0 Å². The quantitative estimate of drug-likeness (QED) is 0.249. The molecule has 0 spiro atoms. The second kappa shape index (κ2) is 13.9. The van der Waals surface area contributed by atoms with Crippen LogP contribution in [-0.2, 0) is 4.74 Å². The zero-order valence-corrected chi connectivity index (χ0v) is 19.3. The van der Waals surface area contributed by atoms with E-state index in [4.69, 9.17) is 14.5 Å². The Morgan fingerprint density at radius 2 is 1.81 bits per heavy atom. The van der Waals surface area contributed by atoms with Crippen LogP contribution >= 0.6 is 24.0 Å². The maximum absolute atomic E-state index is 5.50. The number of ether oxygens (including phenoxy) is 2. The molecule has 1 aromatic carbocycles. The van der Waals surface area contributed by atoms with Gasteiger partial charge in [-0.05, 0) is 38.3 Å². The van der Waals surface area contributed by atoms with Gasteiger partial charge in [0.05, 0.1) is 12.8 Å². The lowest BCUT2D eigenvalue weighted by Gasteiger charge is -2.38. The first kappa shape index (κ1) is 23.8. The van der Waals surface area contributed by atoms with Crippen molar-refractivity contribution in [1.82, 2.24) is 10.2 Å². The molecule has 27 heavy (non-hydrogen) atoms. The minimum Gasteiger partial charge on any atom is -0.495 e. The maximum atomic E-state index is 5.50. The summed E-state index contributed by atoms with van der Waals surface area (Å²) in [4.78, 5) is 9.57. The van der Waals surface area contributed by atoms with Crippen LogP contribution in [0.5, 0.6) is 5.75 Å². The lowest BCUT2D eigenvalue weighted by atomic mass is 10.2. The van der Waals surface area contributed by atoms with Crippen molar-refractivity contribution in [3.63, 3.8) is 0 Å². The SMILES string of the molecule is CCNC(=NCCCCCOC)N1CCN(c2ccccc2OC)CC1.I. The number of hydrogen-bond acceptors (Lipinski definition) is 4. The Bertz CT molecular complexity index is 549. The number of para-hydroxylation sites is 2. The van der Waals surface area contributed by atoms with E-state index >= 15 is 0 Å². The number of nitrogens with zero attached hydrogens (tertiary/aromatic N) is 3. The average molecular weight is 490 g/mol. The summed E-state index contributed by atoms with van der Waals surface area (Å²) in [5, 5.41) is 3.44. The Morgan fingerprint density at radius 1 is 1.07 bits per heavy atom. The number of halogens is 1. The number of methoxy groups -OCH3 is 2. The summed E-state index contributed by atoms with van der Waals surface area (Å²) in [6.45, 7) is 8.61. The van der Waals surface area contributed by atoms with E-state index < -0.39 is 0 Å². The van der Waals surface area contributed by atoms with Gasteiger partial charge in [0.1, 0.15) is 5.75 Å². The van der Waals surface area contributed by atoms with Crippen LogP contribution < -0.4 is 15.0 Å². The molecule has 1 aliphatic rings. The van der Waals surface area contributed by atoms with Gasteiger partial charge < -0.3 is 24.6 Å². The number of unbranched alkanes of at least 4 members (excludes halogenated alkanes) is 2. The highest BCUT2D eigenvalue weighted by Crippen LogP contribution is 2.28. The number of nitrogens with one attached hydrogen (secondary N) is 1. The Balaban J connectivity index is 0.00000364. The lowest BCUT2D eigenvalue weighted by Crippen LogP contribution is -2.52. The fourth-order valence-corrected chi connectivity index (χ4v) is 3.20. The number of piperazine rings is 1. The third kappa shape index (κ3) is 7.73. The molecule has 0 unspecified atom stereocenters. The molecule has 0 aromatic heterocycles. The van der Waals surface area contributed by atoms with E-state index in [0.29, 0.717) is 0 Å². The van der Waals surface area contributed by atoms with E-state index in [0.717, 1.165) is 70.4 Å². The number of rotatable bonds is 9. The Kier molecular flexibility index (Phi) is 12.2. The predicted octanol–water partition coefficient (Wildman–Crippen LogP) is 3.22. The van der Waals surface area contributed by atoms with Crippen molar-refractivity contribution < 1.29 is 9.47 Å². The first-order chi connectivity index (χ1) is 12.8. The van der Waals surface area contributed by atoms with Crippen molar-refractivity contribution in [2.75, 3.05) is 65.0 Å². The molecule has 2 rings (SSSR count). The van der Waals surface area contributed by atoms with E-state index in [9.17, 15) is 0 Å². The van der Waals surface area contributed by atoms with Crippen LogP contribution in [0.4, 0.5) is 5.69 Å². The van der Waals surface area contributed by atoms with Gasteiger partial charge in [0.25, 0.3) is 0 Å². The van der Waals surface area contributed by atoms with Gasteiger partial charge in [-0.1, -0.05) is 12.1 Å². The molecule has 1 N–H and O–H groups in total. The fraction of sp³-hybridized carbons (Fsp3) is 0.650. The molecule has 1 aliphatic heterocycles. The van der Waals surface area contributed by atoms with Crippen LogP contribution in [0.2, 0.25) is 0 Å². The molecule has 7 heteroatoms. The number of benzene rings is 1. The Morgan fingerprint density at radius 3 is 2.48 bits per heavy atom. The van der Waals surface area contributed by atoms with Gasteiger partial charge in [0.15, 0.2) is 5.96 Å². The molecule has 0 saturated carbocycles. The zero-order valence-electron chi connectivity index (χ0n) is 16.9. The summed E-state index contributed by atoms with van der Waals surface area (Å²) in [6, 6.07) is 8.24. The third-order valence-electron chi connectivity index (χ3n) is 4.61. The molecule has 1 heterocycles. The highest BCUT2D eigenvalue weighted by molar-refractivity contribution is 14.0. The number of hydrogen-bond donors (Lipinski definition) is 1. The number of aliphatic imine (C=N–C) groups is 1. The van der Waals surface area contributed by atoms with Crippen molar-refractivity contribution in [1.29, 1.82) is 0 Å². The summed E-state index contributed by atoms with van der Waals surface area (Å²) in [6.07, 6.45) is 3.39. The molecule has 1 fully saturated rings. The maximum Gasteiger partial charge on any atom is 0.194 e. The molecule has 1 saturated heterocycles. The number of anilines is 1. The van der Waals surface area contributed by atoms with Gasteiger partial charge in [-0.15, -0.1) is 24.0 Å². The number of guanidine groups is 1. The average Bonchev–Trinajstić information content (AvgIpc) is 2.70. The summed E-state index contributed by atoms with van der Waals surface area (Å²) in [5.74, 6) is 1.98. The van der Waals surface area contributed by atoms with Crippen LogP contribution in [0.3, 0.4) is 0 Å². The minimum absolute atomic E-state index is 0. The monoisotopic (exact) mass is 490 g/mol. The molecule has 154 valence electrons. The van der Waals surface area contributed by atoms with Crippen LogP contribution in [0, 0.1) is 0 Å². The normalized spacial score (nSPS) is 14.7. The second-order valence-corrected chi connectivity index (χ2v) is 6.44. The van der Waals surface area contributed by atoms with E-state index in [-0.39, 0.29) is 24.0 Å².